The Hall–Kier alpha value is -1.98. The molecule has 0 N–H and O–H groups in total. The topological polar surface area (TPSA) is 47.4 Å². The van der Waals surface area contributed by atoms with Crippen LogP contribution in [-0.2, 0) is 16.8 Å². The van der Waals surface area contributed by atoms with E-state index in [9.17, 15) is 18.0 Å². The molecule has 0 aliphatic carbocycles. The highest BCUT2D eigenvalue weighted by atomic mass is 127. The zero-order chi connectivity index (χ0) is 22.6. The van der Waals surface area contributed by atoms with Crippen molar-refractivity contribution in [2.45, 2.75) is 25.2 Å². The molecule has 0 radical (unpaired) electrons. The molecule has 2 aromatic carbocycles. The number of carbonyl (C=O) groups is 1. The number of benzene rings is 2. The van der Waals surface area contributed by atoms with Gasteiger partial charge in [-0.1, -0.05) is 35.3 Å². The summed E-state index contributed by atoms with van der Waals surface area (Å²) in [6.07, 6.45) is -2.90. The SMILES string of the molecule is C[C@@]1(Cc2ccc(OC(F)(F)F)cc2)C(=O)N(c2cc(Cl)cc(Cl)c2)[14c]2ncc(I)n21. The maximum Gasteiger partial charge on any atom is 0.573 e. The third-order valence-electron chi connectivity index (χ3n) is 4.87. The molecule has 1 aliphatic heterocycles. The van der Waals surface area contributed by atoms with Crippen molar-refractivity contribution in [2.75, 3.05) is 4.90 Å². The molecule has 11 heteroatoms. The van der Waals surface area contributed by atoms with Crippen molar-refractivity contribution in [3.63, 3.8) is 0 Å². The van der Waals surface area contributed by atoms with E-state index in [1.807, 2.05) is 0 Å². The predicted molar refractivity (Wildman–Crippen MR) is 119 cm³/mol. The fraction of sp³-hybridized carbons (Fsp3) is 0.200. The normalized spacial score (nSPS) is 18.4. The summed E-state index contributed by atoms with van der Waals surface area (Å²) < 4.78 is 43.7. The minimum atomic E-state index is -4.77. The lowest BCUT2D eigenvalue weighted by Crippen LogP contribution is -2.41. The Morgan fingerprint density at radius 3 is 2.35 bits per heavy atom. The smallest absolute Gasteiger partial charge is 0.406 e. The predicted octanol–water partition coefficient (Wildman–Crippen LogP) is 6.33. The van der Waals surface area contributed by atoms with Crippen molar-refractivity contribution < 1.29 is 22.7 Å². The van der Waals surface area contributed by atoms with Crippen molar-refractivity contribution in [1.82, 2.24) is 9.55 Å². The molecule has 0 bridgehead atoms. The molecule has 3 aromatic rings. The van der Waals surface area contributed by atoms with Crippen molar-refractivity contribution in [3.05, 3.63) is 68.0 Å². The highest BCUT2D eigenvalue weighted by Gasteiger charge is 2.50. The number of fused-ring (bicyclic) bond motifs is 1. The van der Waals surface area contributed by atoms with E-state index in [1.54, 1.807) is 35.9 Å². The number of hydrogen-bond donors (Lipinski definition) is 0. The summed E-state index contributed by atoms with van der Waals surface area (Å²) >= 11 is 14.3. The van der Waals surface area contributed by atoms with E-state index in [4.69, 9.17) is 23.2 Å². The highest BCUT2D eigenvalue weighted by molar-refractivity contribution is 14.1. The van der Waals surface area contributed by atoms with Gasteiger partial charge in [0.15, 0.2) is 0 Å². The number of hydrogen-bond acceptors (Lipinski definition) is 3. The standard InChI is InChI=1S/C20H13Cl2F3IN3O2/c1-19(9-11-2-4-15(5-3-11)31-20(23,24)25)17(30)28(18-27-10-16(26)29(18)19)14-7-12(21)6-13(22)8-14/h2-8,10H,9H2,1H3/t19-/m1/s1/i18+2. The van der Waals surface area contributed by atoms with Gasteiger partial charge in [-0.05, 0) is 65.4 Å². The molecular formula is C20H13Cl2F3IN3O2. The fourth-order valence-corrected chi connectivity index (χ4v) is 5.03. The lowest BCUT2D eigenvalue weighted by molar-refractivity contribution is -0.274. The molecule has 2 heterocycles. The monoisotopic (exact) mass is 583 g/mol. The second-order valence-electron chi connectivity index (χ2n) is 7.13. The molecule has 5 nitrogen and oxygen atoms in total. The first-order chi connectivity index (χ1) is 14.5. The summed E-state index contributed by atoms with van der Waals surface area (Å²) in [5.41, 5.74) is 0.0685. The molecule has 1 amide bonds. The quantitative estimate of drug-likeness (QED) is 0.337. The largest absolute Gasteiger partial charge is 0.573 e. The van der Waals surface area contributed by atoms with Crippen molar-refractivity contribution in [2.24, 2.45) is 0 Å². The van der Waals surface area contributed by atoms with E-state index in [1.165, 1.54) is 29.2 Å². The molecule has 1 aliphatic rings. The number of anilines is 2. The summed E-state index contributed by atoms with van der Waals surface area (Å²) in [7, 11) is 0. The van der Waals surface area contributed by atoms with E-state index in [2.05, 4.69) is 32.3 Å². The Bertz CT molecular complexity index is 1150. The zero-order valence-corrected chi connectivity index (χ0v) is 19.4. The number of ether oxygens (including phenoxy) is 1. The van der Waals surface area contributed by atoms with Gasteiger partial charge in [0.25, 0.3) is 5.91 Å². The van der Waals surface area contributed by atoms with E-state index in [0.29, 0.717) is 27.2 Å². The van der Waals surface area contributed by atoms with Crippen LogP contribution in [0.4, 0.5) is 24.8 Å². The highest BCUT2D eigenvalue weighted by Crippen LogP contribution is 2.43. The number of carbonyl (C=O) groups excluding carboxylic acids is 1. The van der Waals surface area contributed by atoms with Gasteiger partial charge < -0.3 is 4.74 Å². The second-order valence-corrected chi connectivity index (χ2v) is 9.11. The molecule has 4 rings (SSSR count). The van der Waals surface area contributed by atoms with Crippen LogP contribution in [-0.4, -0.2) is 21.8 Å². The number of imidazole rings is 1. The lowest BCUT2D eigenvalue weighted by atomic mass is 9.92. The number of amides is 1. The van der Waals surface area contributed by atoms with Gasteiger partial charge in [-0.25, -0.2) is 9.88 Å². The minimum absolute atomic E-state index is 0.224. The minimum Gasteiger partial charge on any atom is -0.406 e. The number of nitrogens with zero attached hydrogens (tertiary/aromatic N) is 3. The van der Waals surface area contributed by atoms with Crippen LogP contribution >= 0.6 is 45.8 Å². The van der Waals surface area contributed by atoms with Crippen molar-refractivity contribution >= 4 is 63.3 Å². The Kier molecular flexibility index (Phi) is 5.63. The van der Waals surface area contributed by atoms with E-state index in [-0.39, 0.29) is 18.1 Å². The van der Waals surface area contributed by atoms with Gasteiger partial charge >= 0.3 is 6.36 Å². The number of alkyl halides is 3. The first-order valence-electron chi connectivity index (χ1n) is 8.87. The van der Waals surface area contributed by atoms with Crippen LogP contribution in [0.25, 0.3) is 0 Å². The molecular weight excluding hydrogens is 571 g/mol. The van der Waals surface area contributed by atoms with Crippen LogP contribution in [0.15, 0.2) is 48.7 Å². The van der Waals surface area contributed by atoms with E-state index >= 15 is 0 Å². The van der Waals surface area contributed by atoms with Gasteiger partial charge in [-0.2, -0.15) is 0 Å². The average Bonchev–Trinajstić information content (AvgIpc) is 3.12. The molecule has 0 saturated carbocycles. The van der Waals surface area contributed by atoms with Crippen molar-refractivity contribution in [1.29, 1.82) is 0 Å². The van der Waals surface area contributed by atoms with Crippen LogP contribution in [0.3, 0.4) is 0 Å². The second kappa shape index (κ2) is 7.86. The van der Waals surface area contributed by atoms with Gasteiger partial charge in [-0.15, -0.1) is 13.2 Å². The summed E-state index contributed by atoms with van der Waals surface area (Å²) in [4.78, 5) is 19.4. The van der Waals surface area contributed by atoms with Crippen LogP contribution < -0.4 is 9.64 Å². The first kappa shape index (κ1) is 22.2. The molecule has 1 atom stereocenters. The van der Waals surface area contributed by atoms with Crippen LogP contribution in [0.2, 0.25) is 10.0 Å². The summed E-state index contributed by atoms with van der Waals surface area (Å²) in [5, 5.41) is 0.744. The Morgan fingerprint density at radius 2 is 1.77 bits per heavy atom. The maximum absolute atomic E-state index is 13.6. The zero-order valence-electron chi connectivity index (χ0n) is 15.8. The molecule has 0 unspecified atom stereocenters. The Morgan fingerprint density at radius 1 is 1.16 bits per heavy atom. The summed E-state index contributed by atoms with van der Waals surface area (Å²) in [6, 6.07) is 10.2. The number of aromatic nitrogens is 2. The maximum atomic E-state index is 13.6. The van der Waals surface area contributed by atoms with Gasteiger partial charge in [0, 0.05) is 16.5 Å². The van der Waals surface area contributed by atoms with Crippen molar-refractivity contribution in [3.8, 4) is 5.75 Å². The van der Waals surface area contributed by atoms with Gasteiger partial charge in [-0.3, -0.25) is 9.36 Å². The molecule has 162 valence electrons. The Labute approximate surface area is 198 Å². The van der Waals surface area contributed by atoms with E-state index < -0.39 is 11.9 Å². The van der Waals surface area contributed by atoms with Gasteiger partial charge in [0.1, 0.15) is 15.0 Å². The third kappa shape index (κ3) is 4.22. The molecule has 1 aromatic heterocycles. The van der Waals surface area contributed by atoms with Gasteiger partial charge in [0.05, 0.1) is 11.9 Å². The fourth-order valence-electron chi connectivity index (χ4n) is 3.63. The molecule has 0 spiro atoms. The third-order valence-corrected chi connectivity index (χ3v) is 6.07. The average molecular weight is 584 g/mol. The lowest BCUT2D eigenvalue weighted by Gasteiger charge is -2.26. The molecule has 0 fully saturated rings. The summed E-state index contributed by atoms with van der Waals surface area (Å²) in [5.74, 6) is -0.179. The number of halogens is 6. The van der Waals surface area contributed by atoms with Gasteiger partial charge in [0.2, 0.25) is 5.95 Å². The van der Waals surface area contributed by atoms with Crippen LogP contribution in [0.5, 0.6) is 5.75 Å². The Balaban J connectivity index is 1.71. The van der Waals surface area contributed by atoms with Crippen LogP contribution in [0.1, 0.15) is 12.5 Å². The first-order valence-corrected chi connectivity index (χ1v) is 10.7. The van der Waals surface area contributed by atoms with E-state index in [0.717, 1.165) is 3.70 Å². The molecule has 0 saturated heterocycles. The number of rotatable bonds is 4. The van der Waals surface area contributed by atoms with Crippen LogP contribution in [0, 0.1) is 3.70 Å². The molecule has 31 heavy (non-hydrogen) atoms. The summed E-state index contributed by atoms with van der Waals surface area (Å²) in [6.45, 7) is 1.76.